The number of hydrogen-bond donors (Lipinski definition) is 2. The summed E-state index contributed by atoms with van der Waals surface area (Å²) in [5.41, 5.74) is 1.39. The molecule has 132 valence electrons. The van der Waals surface area contributed by atoms with Gasteiger partial charge in [0.1, 0.15) is 17.1 Å². The van der Waals surface area contributed by atoms with Gasteiger partial charge in [-0.05, 0) is 43.2 Å². The Labute approximate surface area is 147 Å². The van der Waals surface area contributed by atoms with Crippen molar-refractivity contribution in [2.24, 2.45) is 0 Å². The van der Waals surface area contributed by atoms with Crippen LogP contribution in [0, 0.1) is 0 Å². The second-order valence-electron chi connectivity index (χ2n) is 5.72. The summed E-state index contributed by atoms with van der Waals surface area (Å²) in [6.07, 6.45) is 0.827. The minimum absolute atomic E-state index is 0.0573. The number of pyridine rings is 1. The van der Waals surface area contributed by atoms with Crippen LogP contribution in [0.1, 0.15) is 46.8 Å². The first-order chi connectivity index (χ1) is 12.0. The first-order valence-corrected chi connectivity index (χ1v) is 8.22. The Morgan fingerprint density at radius 2 is 1.72 bits per heavy atom. The lowest BCUT2D eigenvalue weighted by Crippen LogP contribution is -2.33. The fraction of sp³-hybridized carbons (Fsp3) is 0.316. The average molecular weight is 341 g/mol. The van der Waals surface area contributed by atoms with Crippen molar-refractivity contribution in [3.63, 3.8) is 0 Å². The van der Waals surface area contributed by atoms with Crippen molar-refractivity contribution in [2.75, 3.05) is 7.11 Å². The number of amides is 2. The molecule has 0 spiro atoms. The van der Waals surface area contributed by atoms with E-state index in [1.165, 1.54) is 0 Å². The second-order valence-corrected chi connectivity index (χ2v) is 5.72. The van der Waals surface area contributed by atoms with Crippen LogP contribution in [0.3, 0.4) is 0 Å². The smallest absolute Gasteiger partial charge is 0.270 e. The van der Waals surface area contributed by atoms with Crippen molar-refractivity contribution in [1.29, 1.82) is 0 Å². The standard InChI is InChI=1S/C19H23N3O3/c1-4-13(2)21-19(24)17-7-5-6-16(22-17)18(23)20-12-14-8-10-15(25-3)11-9-14/h5-11,13H,4,12H2,1-3H3,(H,20,23)(H,21,24). The Bertz CT molecular complexity index is 729. The van der Waals surface area contributed by atoms with Crippen LogP contribution < -0.4 is 15.4 Å². The fourth-order valence-corrected chi connectivity index (χ4v) is 2.10. The molecule has 0 saturated heterocycles. The van der Waals surface area contributed by atoms with E-state index in [9.17, 15) is 9.59 Å². The molecular weight excluding hydrogens is 318 g/mol. The number of methoxy groups -OCH3 is 1. The van der Waals surface area contributed by atoms with Gasteiger partial charge >= 0.3 is 0 Å². The SMILES string of the molecule is CCC(C)NC(=O)c1cccc(C(=O)NCc2ccc(OC)cc2)n1. The number of ether oxygens (including phenoxy) is 1. The molecule has 0 aliphatic carbocycles. The first-order valence-electron chi connectivity index (χ1n) is 8.22. The highest BCUT2D eigenvalue weighted by Crippen LogP contribution is 2.11. The van der Waals surface area contributed by atoms with E-state index < -0.39 is 0 Å². The van der Waals surface area contributed by atoms with Crippen molar-refractivity contribution in [3.05, 3.63) is 59.4 Å². The minimum atomic E-state index is -0.325. The molecule has 1 atom stereocenters. The van der Waals surface area contributed by atoms with Crippen LogP contribution in [-0.2, 0) is 6.54 Å². The van der Waals surface area contributed by atoms with E-state index >= 15 is 0 Å². The number of benzene rings is 1. The molecule has 2 N–H and O–H groups in total. The molecular formula is C19H23N3O3. The van der Waals surface area contributed by atoms with E-state index in [1.807, 2.05) is 38.1 Å². The monoisotopic (exact) mass is 341 g/mol. The van der Waals surface area contributed by atoms with Crippen LogP contribution in [0.2, 0.25) is 0 Å². The van der Waals surface area contributed by atoms with Gasteiger partial charge in [-0.15, -0.1) is 0 Å². The highest BCUT2D eigenvalue weighted by molar-refractivity contribution is 5.96. The molecule has 1 aromatic carbocycles. The van der Waals surface area contributed by atoms with E-state index in [-0.39, 0.29) is 29.2 Å². The molecule has 6 heteroatoms. The normalized spacial score (nSPS) is 11.5. The predicted molar refractivity (Wildman–Crippen MR) is 95.6 cm³/mol. The third-order valence-corrected chi connectivity index (χ3v) is 3.82. The molecule has 1 aromatic heterocycles. The Kier molecular flexibility index (Phi) is 6.51. The van der Waals surface area contributed by atoms with Gasteiger partial charge in [0.05, 0.1) is 7.11 Å². The summed E-state index contributed by atoms with van der Waals surface area (Å²) in [6.45, 7) is 4.28. The van der Waals surface area contributed by atoms with Gasteiger partial charge in [-0.25, -0.2) is 4.98 Å². The van der Waals surface area contributed by atoms with Gasteiger partial charge < -0.3 is 15.4 Å². The number of nitrogens with one attached hydrogen (secondary N) is 2. The van der Waals surface area contributed by atoms with Gasteiger partial charge in [0.2, 0.25) is 0 Å². The van der Waals surface area contributed by atoms with Gasteiger partial charge in [-0.3, -0.25) is 9.59 Å². The van der Waals surface area contributed by atoms with E-state index in [0.29, 0.717) is 6.54 Å². The van der Waals surface area contributed by atoms with E-state index in [1.54, 1.807) is 25.3 Å². The predicted octanol–water partition coefficient (Wildman–Crippen LogP) is 2.55. The maximum absolute atomic E-state index is 12.3. The molecule has 0 radical (unpaired) electrons. The second kappa shape index (κ2) is 8.82. The quantitative estimate of drug-likeness (QED) is 0.811. The summed E-state index contributed by atoms with van der Waals surface area (Å²) in [5.74, 6) is 0.157. The summed E-state index contributed by atoms with van der Waals surface area (Å²) in [4.78, 5) is 28.5. The molecule has 0 saturated carbocycles. The number of rotatable bonds is 7. The Morgan fingerprint density at radius 3 is 2.32 bits per heavy atom. The molecule has 2 rings (SSSR count). The zero-order chi connectivity index (χ0) is 18.2. The largest absolute Gasteiger partial charge is 0.497 e. The van der Waals surface area contributed by atoms with Crippen molar-refractivity contribution in [1.82, 2.24) is 15.6 Å². The van der Waals surface area contributed by atoms with Crippen molar-refractivity contribution < 1.29 is 14.3 Å². The van der Waals surface area contributed by atoms with E-state index in [2.05, 4.69) is 15.6 Å². The molecule has 6 nitrogen and oxygen atoms in total. The zero-order valence-corrected chi connectivity index (χ0v) is 14.7. The molecule has 2 aromatic rings. The number of carbonyl (C=O) groups is 2. The van der Waals surface area contributed by atoms with Crippen LogP contribution in [0.25, 0.3) is 0 Å². The van der Waals surface area contributed by atoms with Crippen LogP contribution in [0.5, 0.6) is 5.75 Å². The third-order valence-electron chi connectivity index (χ3n) is 3.82. The third kappa shape index (κ3) is 5.31. The maximum atomic E-state index is 12.3. The highest BCUT2D eigenvalue weighted by atomic mass is 16.5. The summed E-state index contributed by atoms with van der Waals surface area (Å²) < 4.78 is 5.10. The maximum Gasteiger partial charge on any atom is 0.270 e. The topological polar surface area (TPSA) is 80.3 Å². The van der Waals surface area contributed by atoms with E-state index in [4.69, 9.17) is 4.74 Å². The minimum Gasteiger partial charge on any atom is -0.497 e. The zero-order valence-electron chi connectivity index (χ0n) is 14.7. The summed E-state index contributed by atoms with van der Waals surface area (Å²) >= 11 is 0. The van der Waals surface area contributed by atoms with Crippen LogP contribution in [0.4, 0.5) is 0 Å². The number of nitrogens with zero attached hydrogens (tertiary/aromatic N) is 1. The molecule has 1 heterocycles. The fourth-order valence-electron chi connectivity index (χ4n) is 2.10. The lowest BCUT2D eigenvalue weighted by atomic mass is 10.2. The lowest BCUT2D eigenvalue weighted by Gasteiger charge is -2.11. The van der Waals surface area contributed by atoms with E-state index in [0.717, 1.165) is 17.7 Å². The van der Waals surface area contributed by atoms with Crippen LogP contribution >= 0.6 is 0 Å². The number of carbonyl (C=O) groups excluding carboxylic acids is 2. The van der Waals surface area contributed by atoms with Gasteiger partial charge in [0, 0.05) is 12.6 Å². The molecule has 0 bridgehead atoms. The molecule has 1 unspecified atom stereocenters. The molecule has 0 fully saturated rings. The molecule has 2 amide bonds. The average Bonchev–Trinajstić information content (AvgIpc) is 2.66. The number of hydrogen-bond acceptors (Lipinski definition) is 4. The Morgan fingerprint density at radius 1 is 1.08 bits per heavy atom. The van der Waals surface area contributed by atoms with Gasteiger partial charge in [0.15, 0.2) is 0 Å². The van der Waals surface area contributed by atoms with Crippen LogP contribution in [0.15, 0.2) is 42.5 Å². The summed E-state index contributed by atoms with van der Waals surface area (Å²) in [5, 5.41) is 5.63. The van der Waals surface area contributed by atoms with Gasteiger partial charge in [-0.2, -0.15) is 0 Å². The Balaban J connectivity index is 1.99. The first kappa shape index (κ1) is 18.4. The molecule has 0 aliphatic rings. The van der Waals surface area contributed by atoms with Gasteiger partial charge in [0.25, 0.3) is 11.8 Å². The molecule has 0 aliphatic heterocycles. The van der Waals surface area contributed by atoms with Crippen LogP contribution in [-0.4, -0.2) is 29.9 Å². The van der Waals surface area contributed by atoms with Crippen molar-refractivity contribution >= 4 is 11.8 Å². The Hall–Kier alpha value is -2.89. The number of aromatic nitrogens is 1. The highest BCUT2D eigenvalue weighted by Gasteiger charge is 2.13. The summed E-state index contributed by atoms with van der Waals surface area (Å²) in [7, 11) is 1.60. The summed E-state index contributed by atoms with van der Waals surface area (Å²) in [6, 6.07) is 12.3. The van der Waals surface area contributed by atoms with Crippen molar-refractivity contribution in [3.8, 4) is 5.75 Å². The van der Waals surface area contributed by atoms with Crippen molar-refractivity contribution in [2.45, 2.75) is 32.9 Å². The molecule has 25 heavy (non-hydrogen) atoms. The van der Waals surface area contributed by atoms with Gasteiger partial charge in [-0.1, -0.05) is 25.1 Å². The lowest BCUT2D eigenvalue weighted by molar-refractivity contribution is 0.0933.